The third-order valence-electron chi connectivity index (χ3n) is 4.55. The molecule has 1 fully saturated rings. The molecule has 6 nitrogen and oxygen atoms in total. The summed E-state index contributed by atoms with van der Waals surface area (Å²) in [4.78, 5) is 40.8. The van der Waals surface area contributed by atoms with Gasteiger partial charge in [-0.05, 0) is 17.7 Å². The van der Waals surface area contributed by atoms with Crippen LogP contribution in [-0.2, 0) is 15.8 Å². The number of likely N-dealkylation sites (N-methyl/N-ethyl adjacent to an activating group) is 1. The van der Waals surface area contributed by atoms with Crippen molar-refractivity contribution in [3.8, 4) is 0 Å². The number of anilines is 1. The fraction of sp³-hybridized carbons (Fsp3) is 0.278. The highest BCUT2D eigenvalue weighted by Gasteiger charge is 2.44. The molecule has 3 rings (SSSR count). The number of rotatable bonds is 3. The van der Waals surface area contributed by atoms with Gasteiger partial charge in [-0.3, -0.25) is 14.4 Å². The molecule has 142 valence electrons. The Labute approximate surface area is 152 Å². The van der Waals surface area contributed by atoms with Crippen LogP contribution >= 0.6 is 0 Å². The quantitative estimate of drug-likeness (QED) is 0.803. The molecule has 0 unspecified atom stereocenters. The molecule has 2 heterocycles. The lowest BCUT2D eigenvalue weighted by molar-refractivity contribution is -0.138. The topological polar surface area (TPSA) is 82.3 Å². The maximum Gasteiger partial charge on any atom is 0.416 e. The number of amides is 2. The number of aromatic amines is 1. The van der Waals surface area contributed by atoms with Crippen LogP contribution in [0.3, 0.4) is 0 Å². The number of carbonyl (C=O) groups excluding carboxylic acids is 2. The summed E-state index contributed by atoms with van der Waals surface area (Å²) in [7, 11) is 1.52. The number of aromatic nitrogens is 1. The van der Waals surface area contributed by atoms with Crippen molar-refractivity contribution >= 4 is 17.5 Å². The standard InChI is InChI=1S/C18H16F3N3O3/c1-24-9-12(10-2-4-11(5-3-10)18(19,20)21)15(17(24)27)16(26)23-13-8-22-7-6-14(13)25/h2-8,12,15H,9H2,1H3,(H,22,25)(H,23,26)/t12-,15+/m1/s1. The van der Waals surface area contributed by atoms with Crippen LogP contribution in [0.25, 0.3) is 0 Å². The molecule has 2 atom stereocenters. The minimum absolute atomic E-state index is 0.00368. The smallest absolute Gasteiger partial charge is 0.366 e. The fourth-order valence-corrected chi connectivity index (χ4v) is 3.14. The van der Waals surface area contributed by atoms with Gasteiger partial charge >= 0.3 is 6.18 Å². The molecule has 9 heteroatoms. The average Bonchev–Trinajstić information content (AvgIpc) is 2.91. The summed E-state index contributed by atoms with van der Waals surface area (Å²) >= 11 is 0. The largest absolute Gasteiger partial charge is 0.416 e. The summed E-state index contributed by atoms with van der Waals surface area (Å²) in [6, 6.07) is 5.63. The molecule has 0 spiro atoms. The lowest BCUT2D eigenvalue weighted by Crippen LogP contribution is -2.33. The van der Waals surface area contributed by atoms with Crippen LogP contribution < -0.4 is 10.7 Å². The summed E-state index contributed by atoms with van der Waals surface area (Å²) < 4.78 is 38.2. The van der Waals surface area contributed by atoms with E-state index in [-0.39, 0.29) is 12.2 Å². The van der Waals surface area contributed by atoms with Crippen LogP contribution in [0.4, 0.5) is 18.9 Å². The van der Waals surface area contributed by atoms with E-state index in [1.165, 1.54) is 42.5 Å². The second-order valence-electron chi connectivity index (χ2n) is 6.33. The molecule has 0 bridgehead atoms. The Kier molecular flexibility index (Phi) is 4.77. The second-order valence-corrected chi connectivity index (χ2v) is 6.33. The highest BCUT2D eigenvalue weighted by Crippen LogP contribution is 2.36. The van der Waals surface area contributed by atoms with Crippen LogP contribution in [-0.4, -0.2) is 35.3 Å². The molecule has 1 aliphatic rings. The van der Waals surface area contributed by atoms with Crippen LogP contribution in [0.2, 0.25) is 0 Å². The van der Waals surface area contributed by atoms with Gasteiger partial charge in [0.25, 0.3) is 0 Å². The summed E-state index contributed by atoms with van der Waals surface area (Å²) in [6.07, 6.45) is -1.76. The lowest BCUT2D eigenvalue weighted by atomic mass is 9.87. The molecule has 0 saturated carbocycles. The SMILES string of the molecule is CN1C[C@H](c2ccc(C(F)(F)F)cc2)[C@@H](C(=O)Nc2c[nH]ccc2=O)C1=O. The molecule has 1 aromatic heterocycles. The molecule has 1 saturated heterocycles. The van der Waals surface area contributed by atoms with E-state index in [4.69, 9.17) is 0 Å². The van der Waals surface area contributed by atoms with E-state index in [1.54, 1.807) is 0 Å². The summed E-state index contributed by atoms with van der Waals surface area (Å²) in [6.45, 7) is 0.188. The number of nitrogens with one attached hydrogen (secondary N) is 2. The van der Waals surface area contributed by atoms with E-state index in [9.17, 15) is 27.6 Å². The second kappa shape index (κ2) is 6.90. The van der Waals surface area contributed by atoms with Crippen LogP contribution in [0, 0.1) is 5.92 Å². The first-order chi connectivity index (χ1) is 12.7. The molecule has 1 aromatic carbocycles. The monoisotopic (exact) mass is 379 g/mol. The van der Waals surface area contributed by atoms with Gasteiger partial charge in [0.2, 0.25) is 17.2 Å². The maximum atomic E-state index is 12.7. The Morgan fingerprint density at radius 1 is 1.19 bits per heavy atom. The van der Waals surface area contributed by atoms with E-state index >= 15 is 0 Å². The minimum atomic E-state index is -4.47. The van der Waals surface area contributed by atoms with Gasteiger partial charge in [-0.1, -0.05) is 12.1 Å². The number of halogens is 3. The summed E-state index contributed by atoms with van der Waals surface area (Å²) in [5, 5.41) is 2.43. The number of carbonyl (C=O) groups is 2. The molecule has 2 amide bonds. The van der Waals surface area contributed by atoms with Crippen molar-refractivity contribution in [3.05, 3.63) is 64.1 Å². The Morgan fingerprint density at radius 2 is 1.85 bits per heavy atom. The van der Waals surface area contributed by atoms with Crippen molar-refractivity contribution < 1.29 is 22.8 Å². The van der Waals surface area contributed by atoms with Gasteiger partial charge in [0.05, 0.1) is 5.56 Å². The third kappa shape index (κ3) is 3.71. The fourth-order valence-electron chi connectivity index (χ4n) is 3.14. The highest BCUT2D eigenvalue weighted by molar-refractivity contribution is 6.08. The number of H-pyrrole nitrogens is 1. The Balaban J connectivity index is 1.88. The van der Waals surface area contributed by atoms with Crippen LogP contribution in [0.1, 0.15) is 17.0 Å². The molecular formula is C18H16F3N3O3. The number of alkyl halides is 3. The van der Waals surface area contributed by atoms with Gasteiger partial charge in [-0.25, -0.2) is 0 Å². The molecule has 0 radical (unpaired) electrons. The molecular weight excluding hydrogens is 363 g/mol. The zero-order chi connectivity index (χ0) is 19.8. The van der Waals surface area contributed by atoms with Gasteiger partial charge in [0, 0.05) is 38.0 Å². The third-order valence-corrected chi connectivity index (χ3v) is 4.55. The normalized spacial score (nSPS) is 20.0. The summed E-state index contributed by atoms with van der Waals surface area (Å²) in [5.74, 6) is -2.88. The number of hydrogen-bond acceptors (Lipinski definition) is 3. The number of pyridine rings is 1. The van der Waals surface area contributed by atoms with Gasteiger partial charge < -0.3 is 15.2 Å². The zero-order valence-corrected chi connectivity index (χ0v) is 14.2. The van der Waals surface area contributed by atoms with E-state index in [1.807, 2.05) is 0 Å². The van der Waals surface area contributed by atoms with Crippen molar-refractivity contribution in [2.75, 3.05) is 18.9 Å². The lowest BCUT2D eigenvalue weighted by Gasteiger charge is -2.17. The number of benzene rings is 1. The molecule has 2 aromatic rings. The molecule has 2 N–H and O–H groups in total. The highest BCUT2D eigenvalue weighted by atomic mass is 19.4. The number of likely N-dealkylation sites (tertiary alicyclic amines) is 1. The first-order valence-electron chi connectivity index (χ1n) is 8.08. The van der Waals surface area contributed by atoms with Gasteiger partial charge in [-0.15, -0.1) is 0 Å². The van der Waals surface area contributed by atoms with Crippen LogP contribution in [0.5, 0.6) is 0 Å². The first kappa shape index (κ1) is 18.7. The first-order valence-corrected chi connectivity index (χ1v) is 8.08. The van der Waals surface area contributed by atoms with Crippen molar-refractivity contribution in [3.63, 3.8) is 0 Å². The number of nitrogens with zero attached hydrogens (tertiary/aromatic N) is 1. The maximum absolute atomic E-state index is 12.7. The van der Waals surface area contributed by atoms with E-state index in [0.717, 1.165) is 12.1 Å². The van der Waals surface area contributed by atoms with Gasteiger partial charge in [0.15, 0.2) is 0 Å². The van der Waals surface area contributed by atoms with E-state index < -0.39 is 40.8 Å². The Morgan fingerprint density at radius 3 is 2.44 bits per heavy atom. The summed E-state index contributed by atoms with van der Waals surface area (Å²) in [5.41, 5.74) is -0.786. The van der Waals surface area contributed by atoms with Crippen molar-refractivity contribution in [1.82, 2.24) is 9.88 Å². The Hall–Kier alpha value is -3.10. The minimum Gasteiger partial charge on any atom is -0.366 e. The van der Waals surface area contributed by atoms with Gasteiger partial charge in [0.1, 0.15) is 11.6 Å². The predicted molar refractivity (Wildman–Crippen MR) is 91.0 cm³/mol. The number of hydrogen-bond donors (Lipinski definition) is 2. The van der Waals surface area contributed by atoms with Crippen molar-refractivity contribution in [2.24, 2.45) is 5.92 Å². The van der Waals surface area contributed by atoms with Gasteiger partial charge in [-0.2, -0.15) is 13.2 Å². The molecule has 1 aliphatic heterocycles. The van der Waals surface area contributed by atoms with E-state index in [2.05, 4.69) is 10.3 Å². The van der Waals surface area contributed by atoms with E-state index in [0.29, 0.717) is 5.56 Å². The van der Waals surface area contributed by atoms with Crippen LogP contribution in [0.15, 0.2) is 47.5 Å². The van der Waals surface area contributed by atoms with Crippen molar-refractivity contribution in [2.45, 2.75) is 12.1 Å². The Bertz CT molecular complexity index is 922. The van der Waals surface area contributed by atoms with Crippen molar-refractivity contribution in [1.29, 1.82) is 0 Å². The average molecular weight is 379 g/mol. The molecule has 0 aliphatic carbocycles. The molecule has 27 heavy (non-hydrogen) atoms. The zero-order valence-electron chi connectivity index (χ0n) is 14.2. The predicted octanol–water partition coefficient (Wildman–Crippen LogP) is 2.20.